The number of piperazine rings is 1. The molecule has 2 saturated heterocycles. The van der Waals surface area contributed by atoms with Crippen molar-refractivity contribution in [1.82, 2.24) is 14.8 Å². The van der Waals surface area contributed by atoms with Crippen LogP contribution >= 0.6 is 11.8 Å². The van der Waals surface area contributed by atoms with Gasteiger partial charge < -0.3 is 19.4 Å². The number of hydrogen-bond donors (Lipinski definition) is 0. The molecule has 3 aromatic rings. The van der Waals surface area contributed by atoms with E-state index in [4.69, 9.17) is 4.74 Å². The topological polar surface area (TPSA) is 61.3 Å². The van der Waals surface area contributed by atoms with Crippen LogP contribution in [0.1, 0.15) is 18.1 Å². The van der Waals surface area contributed by atoms with Crippen LogP contribution in [0.5, 0.6) is 0 Å². The van der Waals surface area contributed by atoms with Gasteiger partial charge in [0, 0.05) is 56.5 Å². The monoisotopic (exact) mass is 527 g/mol. The van der Waals surface area contributed by atoms with E-state index in [0.717, 1.165) is 73.0 Å². The quantitative estimate of drug-likeness (QED) is 0.458. The summed E-state index contributed by atoms with van der Waals surface area (Å²) in [7, 11) is 0. The minimum absolute atomic E-state index is 0.172. The number of likely N-dealkylation sites (N-methyl/N-ethyl adjacent to an activating group) is 1. The van der Waals surface area contributed by atoms with Gasteiger partial charge in [0.2, 0.25) is 0 Å². The summed E-state index contributed by atoms with van der Waals surface area (Å²) in [4.78, 5) is 29.4. The number of morpholine rings is 1. The Hall–Kier alpha value is -3.20. The lowest BCUT2D eigenvalue weighted by Crippen LogP contribution is -2.46. The fraction of sp³-hybridized carbons (Fsp3) is 0.367. The minimum atomic E-state index is -0.172. The van der Waals surface area contributed by atoms with Crippen molar-refractivity contribution in [1.29, 1.82) is 0 Å². The highest BCUT2D eigenvalue weighted by molar-refractivity contribution is 8.18. The zero-order valence-corrected chi connectivity index (χ0v) is 22.8. The summed E-state index contributed by atoms with van der Waals surface area (Å²) in [6.45, 7) is 12.8. The molecule has 2 aromatic carbocycles. The number of pyridine rings is 1. The summed E-state index contributed by atoms with van der Waals surface area (Å²) in [6.07, 6.45) is 3.83. The summed E-state index contributed by atoms with van der Waals surface area (Å²) >= 11 is 1.45. The number of ether oxygens (including phenoxy) is 1. The number of nitrogens with zero attached hydrogens (tertiary/aromatic N) is 5. The first-order valence-corrected chi connectivity index (χ1v) is 14.2. The van der Waals surface area contributed by atoms with Crippen molar-refractivity contribution in [3.8, 4) is 11.1 Å². The number of hydrogen-bond acceptors (Lipinski definition) is 7. The molecule has 196 valence electrons. The molecule has 38 heavy (non-hydrogen) atoms. The molecular formula is C30H33N5O2S. The van der Waals surface area contributed by atoms with Crippen LogP contribution in [0.4, 0.5) is 5.69 Å². The predicted octanol–water partition coefficient (Wildman–Crippen LogP) is 4.65. The number of rotatable bonds is 4. The van der Waals surface area contributed by atoms with Crippen molar-refractivity contribution in [2.24, 2.45) is 4.99 Å². The third kappa shape index (κ3) is 5.08. The SMILES string of the molecule is CCN1CCN(c2ccc(-c3ccnc4ccc(C=C5SC(N6CCOCC6)=NC5=O)cc34)cc2C)CC1. The standard InChI is InChI=1S/C30H33N5O2S/c1-3-33-10-12-34(13-11-33)27-7-5-23(18-21(27)2)24-8-9-31-26-6-4-22(19-25(24)26)20-28-29(36)32-30(38-28)35-14-16-37-17-15-35/h4-9,18-20H,3,10-17H2,1-2H3. The Bertz CT molecular complexity index is 1420. The van der Waals surface area contributed by atoms with Gasteiger partial charge in [-0.3, -0.25) is 9.78 Å². The lowest BCUT2D eigenvalue weighted by Gasteiger charge is -2.36. The first-order valence-electron chi connectivity index (χ1n) is 13.4. The third-order valence-corrected chi connectivity index (χ3v) is 8.67. The average molecular weight is 528 g/mol. The van der Waals surface area contributed by atoms with Crippen LogP contribution in [0.2, 0.25) is 0 Å². The number of amidine groups is 1. The lowest BCUT2D eigenvalue weighted by molar-refractivity contribution is -0.113. The van der Waals surface area contributed by atoms with Crippen LogP contribution in [0.15, 0.2) is 58.6 Å². The Morgan fingerprint density at radius 3 is 2.55 bits per heavy atom. The fourth-order valence-corrected chi connectivity index (χ4v) is 6.39. The van der Waals surface area contributed by atoms with E-state index in [1.54, 1.807) is 0 Å². The van der Waals surface area contributed by atoms with Crippen molar-refractivity contribution in [3.63, 3.8) is 0 Å². The van der Waals surface area contributed by atoms with E-state index in [-0.39, 0.29) is 5.91 Å². The largest absolute Gasteiger partial charge is 0.378 e. The summed E-state index contributed by atoms with van der Waals surface area (Å²) in [6, 6.07) is 15.1. The van der Waals surface area contributed by atoms with Gasteiger partial charge in [0.05, 0.1) is 23.6 Å². The minimum Gasteiger partial charge on any atom is -0.378 e. The zero-order valence-electron chi connectivity index (χ0n) is 22.0. The Morgan fingerprint density at radius 1 is 0.974 bits per heavy atom. The van der Waals surface area contributed by atoms with Gasteiger partial charge in [0.25, 0.3) is 5.91 Å². The highest BCUT2D eigenvalue weighted by atomic mass is 32.2. The molecule has 1 aromatic heterocycles. The van der Waals surface area contributed by atoms with E-state index in [9.17, 15) is 4.79 Å². The van der Waals surface area contributed by atoms with Crippen LogP contribution in [-0.4, -0.2) is 84.9 Å². The van der Waals surface area contributed by atoms with Gasteiger partial charge in [-0.15, -0.1) is 0 Å². The molecule has 1 amide bonds. The van der Waals surface area contributed by atoms with Crippen LogP contribution in [0, 0.1) is 6.92 Å². The van der Waals surface area contributed by atoms with Crippen LogP contribution < -0.4 is 4.90 Å². The van der Waals surface area contributed by atoms with Crippen molar-refractivity contribution in [2.45, 2.75) is 13.8 Å². The van der Waals surface area contributed by atoms with Crippen LogP contribution in [0.3, 0.4) is 0 Å². The number of aryl methyl sites for hydroxylation is 1. The summed E-state index contributed by atoms with van der Waals surface area (Å²) < 4.78 is 5.43. The number of carbonyl (C=O) groups excluding carboxylic acids is 1. The molecule has 0 saturated carbocycles. The second-order valence-corrected chi connectivity index (χ2v) is 11.0. The summed E-state index contributed by atoms with van der Waals surface area (Å²) in [5, 5.41) is 1.86. The Kier molecular flexibility index (Phi) is 7.19. The Morgan fingerprint density at radius 2 is 1.79 bits per heavy atom. The summed E-state index contributed by atoms with van der Waals surface area (Å²) in [5.41, 5.74) is 6.86. The highest BCUT2D eigenvalue weighted by Crippen LogP contribution is 2.34. The second kappa shape index (κ2) is 10.9. The van der Waals surface area contributed by atoms with Crippen molar-refractivity contribution < 1.29 is 9.53 Å². The molecule has 8 heteroatoms. The molecule has 6 rings (SSSR count). The first-order chi connectivity index (χ1) is 18.6. The van der Waals surface area contributed by atoms with E-state index < -0.39 is 0 Å². The van der Waals surface area contributed by atoms with E-state index in [1.165, 1.54) is 28.6 Å². The van der Waals surface area contributed by atoms with E-state index in [2.05, 4.69) is 68.9 Å². The molecule has 4 heterocycles. The Balaban J connectivity index is 1.27. The van der Waals surface area contributed by atoms with E-state index >= 15 is 0 Å². The van der Waals surface area contributed by atoms with Gasteiger partial charge in [-0.25, -0.2) is 0 Å². The molecule has 2 fully saturated rings. The average Bonchev–Trinajstić information content (AvgIpc) is 3.33. The first kappa shape index (κ1) is 25.1. The molecule has 0 radical (unpaired) electrons. The number of thioether (sulfide) groups is 1. The molecule has 0 unspecified atom stereocenters. The van der Waals surface area contributed by atoms with Crippen LogP contribution in [-0.2, 0) is 9.53 Å². The number of amides is 1. The lowest BCUT2D eigenvalue weighted by atomic mass is 9.97. The number of aliphatic imine (C=N–C) groups is 1. The smallest absolute Gasteiger partial charge is 0.286 e. The molecule has 0 aliphatic carbocycles. The molecule has 0 atom stereocenters. The zero-order chi connectivity index (χ0) is 26.1. The Labute approximate surface area is 228 Å². The number of anilines is 1. The molecule has 0 bridgehead atoms. The summed E-state index contributed by atoms with van der Waals surface area (Å²) in [5.74, 6) is -0.172. The molecule has 7 nitrogen and oxygen atoms in total. The molecule has 0 spiro atoms. The van der Waals surface area contributed by atoms with Gasteiger partial charge in [-0.1, -0.05) is 19.1 Å². The maximum atomic E-state index is 12.7. The maximum Gasteiger partial charge on any atom is 0.286 e. The molecule has 3 aliphatic rings. The molecule has 0 N–H and O–H groups in total. The number of carbonyl (C=O) groups is 1. The van der Waals surface area contributed by atoms with Gasteiger partial charge in [0.1, 0.15) is 0 Å². The third-order valence-electron chi connectivity index (χ3n) is 7.62. The predicted molar refractivity (Wildman–Crippen MR) is 157 cm³/mol. The normalized spacial score (nSPS) is 20.0. The van der Waals surface area contributed by atoms with Crippen molar-refractivity contribution >= 4 is 45.5 Å². The number of fused-ring (bicyclic) bond motifs is 1. The molecular weight excluding hydrogens is 494 g/mol. The number of benzene rings is 2. The van der Waals surface area contributed by atoms with Gasteiger partial charge in [0.15, 0.2) is 5.17 Å². The molecule has 3 aliphatic heterocycles. The maximum absolute atomic E-state index is 12.7. The van der Waals surface area contributed by atoms with Crippen molar-refractivity contribution in [3.05, 3.63) is 64.7 Å². The van der Waals surface area contributed by atoms with E-state index in [0.29, 0.717) is 18.1 Å². The number of aromatic nitrogens is 1. The van der Waals surface area contributed by atoms with E-state index in [1.807, 2.05) is 24.4 Å². The second-order valence-electron chi connectivity index (χ2n) is 9.97. The van der Waals surface area contributed by atoms with Crippen LogP contribution in [0.25, 0.3) is 28.1 Å². The van der Waals surface area contributed by atoms with Crippen molar-refractivity contribution in [2.75, 3.05) is 63.9 Å². The van der Waals surface area contributed by atoms with Gasteiger partial charge >= 0.3 is 0 Å². The highest BCUT2D eigenvalue weighted by Gasteiger charge is 2.27. The van der Waals surface area contributed by atoms with Gasteiger partial charge in [-0.05, 0) is 83.9 Å². The van der Waals surface area contributed by atoms with Gasteiger partial charge in [-0.2, -0.15) is 4.99 Å². The fourth-order valence-electron chi connectivity index (χ4n) is 5.43.